The van der Waals surface area contributed by atoms with E-state index >= 15 is 0 Å². The molecule has 392 valence electrons. The van der Waals surface area contributed by atoms with E-state index in [1.54, 1.807) is 54.7 Å². The van der Waals surface area contributed by atoms with Crippen LogP contribution in [0.3, 0.4) is 0 Å². The largest absolute Gasteiger partial charge is 0.472 e. The Hall–Kier alpha value is -3.42. The van der Waals surface area contributed by atoms with Crippen molar-refractivity contribution in [1.29, 1.82) is 0 Å². The number of allylic oxidation sites excluding steroid dienone is 14. The van der Waals surface area contributed by atoms with E-state index < -0.39 is 95.7 Å². The van der Waals surface area contributed by atoms with Gasteiger partial charge >= 0.3 is 27.6 Å². The maximum absolute atomic E-state index is 13.0. The molecule has 0 aromatic heterocycles. The molecule has 0 bridgehead atoms. The Bertz CT molecular complexity index is 1780. The minimum Gasteiger partial charge on any atom is -0.462 e. The average molecular weight is 1020 g/mol. The maximum atomic E-state index is 13.0. The van der Waals surface area contributed by atoms with Crippen molar-refractivity contribution in [3.05, 3.63) is 109 Å². The van der Waals surface area contributed by atoms with Gasteiger partial charge < -0.3 is 54.8 Å². The summed E-state index contributed by atoms with van der Waals surface area (Å²) in [5.41, 5.74) is 0. The van der Waals surface area contributed by atoms with Crippen molar-refractivity contribution in [1.82, 2.24) is 0 Å². The maximum Gasteiger partial charge on any atom is 0.472 e. The number of esters is 2. The second-order valence-corrected chi connectivity index (χ2v) is 18.7. The summed E-state index contributed by atoms with van der Waals surface area (Å²) in [6, 6.07) is 0. The first-order valence-corrected chi connectivity index (χ1v) is 26.7. The Labute approximate surface area is 407 Å². The van der Waals surface area contributed by atoms with E-state index in [1.165, 1.54) is 19.3 Å². The van der Waals surface area contributed by atoms with Crippen molar-refractivity contribution in [3.63, 3.8) is 0 Å². The molecule has 10 atom stereocenters. The van der Waals surface area contributed by atoms with Crippen LogP contribution >= 0.6 is 15.6 Å². The summed E-state index contributed by atoms with van der Waals surface area (Å²) in [6.45, 7) is 2.69. The van der Waals surface area contributed by atoms with E-state index in [4.69, 9.17) is 18.5 Å². The van der Waals surface area contributed by atoms with Crippen molar-refractivity contribution in [2.75, 3.05) is 13.2 Å². The van der Waals surface area contributed by atoms with Crippen LogP contribution in [-0.4, -0.2) is 125 Å². The molecular weight excluding hydrogens is 938 g/mol. The third-order valence-electron chi connectivity index (χ3n) is 10.0. The molecular formula is C49H78O18P2. The summed E-state index contributed by atoms with van der Waals surface area (Å²) in [4.78, 5) is 54.2. The number of rotatable bonds is 37. The SMILES string of the molecule is CC/C=C\C[C@H](O)/C=C/C=C\C=C\[C@H](O)C/C=C\C/C=C\CCC(=O)O[C@H](COC(=O)CCCC/C=C\C/C=C\C/C=C\CCCCC)COP(=O)(O)O[C@H]1C(O)C(O)C(O)[C@@H](OP(=O)(O)O)C1O. The van der Waals surface area contributed by atoms with E-state index in [2.05, 4.69) is 35.8 Å². The lowest BCUT2D eigenvalue weighted by Gasteiger charge is -2.43. The van der Waals surface area contributed by atoms with Gasteiger partial charge in [-0.25, -0.2) is 9.13 Å². The first-order chi connectivity index (χ1) is 32.9. The molecule has 1 fully saturated rings. The lowest BCUT2D eigenvalue weighted by molar-refractivity contribution is -0.216. The predicted octanol–water partition coefficient (Wildman–Crippen LogP) is 6.89. The van der Waals surface area contributed by atoms with E-state index in [0.717, 1.165) is 32.1 Å². The lowest BCUT2D eigenvalue weighted by Crippen LogP contribution is -2.64. The molecule has 0 amide bonds. The summed E-state index contributed by atoms with van der Waals surface area (Å²) < 4.78 is 49.2. The van der Waals surface area contributed by atoms with Crippen LogP contribution in [0.1, 0.15) is 117 Å². The average Bonchev–Trinajstić information content (AvgIpc) is 3.30. The number of carbonyl (C=O) groups excluding carboxylic acids is 2. The Morgan fingerprint density at radius 3 is 1.61 bits per heavy atom. The van der Waals surface area contributed by atoms with Gasteiger partial charge in [-0.1, -0.05) is 136 Å². The Kier molecular flexibility index (Phi) is 35.3. The van der Waals surface area contributed by atoms with Crippen molar-refractivity contribution in [2.45, 2.75) is 172 Å². The predicted molar refractivity (Wildman–Crippen MR) is 262 cm³/mol. The normalized spacial score (nSPS) is 23.0. The number of aliphatic hydroxyl groups excluding tert-OH is 6. The lowest BCUT2D eigenvalue weighted by atomic mass is 9.85. The standard InChI is InChI=1S/C49H78O18P2/c1-3-5-7-8-9-10-11-12-13-14-15-16-17-21-29-35-42(52)63-37-41(38-64-69(61,62)67-49-46(56)44(54)45(55)48(47(49)57)66-68(58,59)60)65-43(53)36-30-22-19-18-20-26-32-40(51)34-28-24-23-27-33-39(50)31-25-6-4-2/h6,9-10,12-13,15-16,19-20,22-28,33-34,39-41,44-51,54-57H,3-5,7-8,11,14,17-18,21,29-32,35-38H2,1-2H3,(H,61,62)(H2,58,59,60)/b10-9-,13-12-,16-15-,22-19-,24-23-,25-6-,26-20-,33-27+,34-28+/t39-,40+,41+,44?,45?,46?,47?,48+,49-/m0/s1. The summed E-state index contributed by atoms with van der Waals surface area (Å²) >= 11 is 0. The molecule has 1 rings (SSSR count). The third kappa shape index (κ3) is 33.0. The molecule has 9 N–H and O–H groups in total. The van der Waals surface area contributed by atoms with Gasteiger partial charge in [-0.05, 0) is 77.0 Å². The van der Waals surface area contributed by atoms with Gasteiger partial charge in [0.15, 0.2) is 6.10 Å². The Morgan fingerprint density at radius 2 is 1.06 bits per heavy atom. The summed E-state index contributed by atoms with van der Waals surface area (Å²) in [6.07, 6.45) is 28.3. The van der Waals surface area contributed by atoms with Gasteiger partial charge in [0.2, 0.25) is 0 Å². The van der Waals surface area contributed by atoms with Gasteiger partial charge in [0, 0.05) is 12.8 Å². The molecule has 0 saturated heterocycles. The molecule has 0 heterocycles. The van der Waals surface area contributed by atoms with Crippen LogP contribution in [0, 0.1) is 0 Å². The highest BCUT2D eigenvalue weighted by atomic mass is 31.2. The number of hydrogen-bond donors (Lipinski definition) is 9. The number of aliphatic hydroxyl groups is 6. The monoisotopic (exact) mass is 1020 g/mol. The topological polar surface area (TPSA) is 296 Å². The molecule has 18 nitrogen and oxygen atoms in total. The molecule has 0 aliphatic heterocycles. The van der Waals surface area contributed by atoms with E-state index in [9.17, 15) is 64.0 Å². The van der Waals surface area contributed by atoms with Gasteiger partial charge in [0.1, 0.15) is 43.2 Å². The Morgan fingerprint density at radius 1 is 0.551 bits per heavy atom. The van der Waals surface area contributed by atoms with Crippen molar-refractivity contribution in [3.8, 4) is 0 Å². The molecule has 0 aromatic rings. The van der Waals surface area contributed by atoms with Gasteiger partial charge in [0.25, 0.3) is 0 Å². The van der Waals surface area contributed by atoms with Crippen LogP contribution < -0.4 is 0 Å². The highest BCUT2D eigenvalue weighted by Gasteiger charge is 2.54. The molecule has 1 aliphatic carbocycles. The second kappa shape index (κ2) is 38.3. The molecule has 0 aromatic carbocycles. The fraction of sp³-hybridized carbons (Fsp3) is 0.592. The number of hydrogen-bond acceptors (Lipinski definition) is 15. The van der Waals surface area contributed by atoms with Gasteiger partial charge in [-0.3, -0.25) is 23.2 Å². The van der Waals surface area contributed by atoms with Crippen LogP contribution in [0.25, 0.3) is 0 Å². The quantitative estimate of drug-likeness (QED) is 0.0101. The van der Waals surface area contributed by atoms with Crippen LogP contribution in [-0.2, 0) is 41.8 Å². The summed E-state index contributed by atoms with van der Waals surface area (Å²) in [5.74, 6) is -1.43. The summed E-state index contributed by atoms with van der Waals surface area (Å²) in [5, 5.41) is 61.3. The first-order valence-electron chi connectivity index (χ1n) is 23.6. The second-order valence-electron chi connectivity index (χ2n) is 16.1. The zero-order valence-corrected chi connectivity index (χ0v) is 41.7. The zero-order chi connectivity index (χ0) is 51.3. The van der Waals surface area contributed by atoms with Crippen molar-refractivity contribution >= 4 is 27.6 Å². The number of ether oxygens (including phenoxy) is 2. The first kappa shape index (κ1) is 63.6. The van der Waals surface area contributed by atoms with E-state index in [1.807, 2.05) is 37.3 Å². The molecule has 1 saturated carbocycles. The molecule has 20 heteroatoms. The minimum atomic E-state index is -5.40. The van der Waals surface area contributed by atoms with Crippen molar-refractivity contribution < 1.29 is 87.1 Å². The summed E-state index contributed by atoms with van der Waals surface area (Å²) in [7, 11) is -10.8. The van der Waals surface area contributed by atoms with Crippen molar-refractivity contribution in [2.24, 2.45) is 0 Å². The Balaban J connectivity index is 2.73. The van der Waals surface area contributed by atoms with Crippen LogP contribution in [0.5, 0.6) is 0 Å². The van der Waals surface area contributed by atoms with E-state index in [0.29, 0.717) is 32.1 Å². The molecule has 5 unspecified atom stereocenters. The highest BCUT2D eigenvalue weighted by Crippen LogP contribution is 2.49. The van der Waals surface area contributed by atoms with E-state index in [-0.39, 0.29) is 19.3 Å². The smallest absolute Gasteiger partial charge is 0.462 e. The molecule has 1 aliphatic rings. The number of phosphoric acid groups is 2. The number of unbranched alkanes of at least 4 members (excludes halogenated alkanes) is 5. The highest BCUT2D eigenvalue weighted by molar-refractivity contribution is 7.47. The molecule has 69 heavy (non-hydrogen) atoms. The molecule has 0 radical (unpaired) electrons. The number of phosphoric ester groups is 2. The van der Waals surface area contributed by atoms with Crippen LogP contribution in [0.2, 0.25) is 0 Å². The van der Waals surface area contributed by atoms with Gasteiger partial charge in [-0.15, -0.1) is 0 Å². The minimum absolute atomic E-state index is 0.0270. The van der Waals surface area contributed by atoms with Crippen LogP contribution in [0.4, 0.5) is 0 Å². The molecule has 0 spiro atoms. The fourth-order valence-corrected chi connectivity index (χ4v) is 7.83. The third-order valence-corrected chi connectivity index (χ3v) is 11.5. The fourth-order valence-electron chi connectivity index (χ4n) is 6.29. The number of carbonyl (C=O) groups is 2. The van der Waals surface area contributed by atoms with Gasteiger partial charge in [0.05, 0.1) is 18.8 Å². The van der Waals surface area contributed by atoms with Crippen LogP contribution in [0.15, 0.2) is 109 Å². The van der Waals surface area contributed by atoms with Gasteiger partial charge in [-0.2, -0.15) is 0 Å². The zero-order valence-electron chi connectivity index (χ0n) is 39.9.